The Bertz CT molecular complexity index is 1190. The number of nitrogens with zero attached hydrogens (tertiary/aromatic N) is 2. The standard InChI is InChI=1S/C20H17F7N2O3S/c1-18(2,33(31,32)14-5-3-4-11(6-14)19(22,23)24)13-8-16(30)29(10-13)17-15(21)7-12(9-28-17)20(25,26)27/h3-7,9,13H,8,10H2,1-2H3/t13-/m0/s1. The third kappa shape index (κ3) is 4.55. The number of hydrogen-bond donors (Lipinski definition) is 0. The second-order valence-electron chi connectivity index (χ2n) is 8.07. The zero-order valence-electron chi connectivity index (χ0n) is 17.1. The summed E-state index contributed by atoms with van der Waals surface area (Å²) in [6, 6.07) is 3.32. The Labute approximate surface area is 184 Å². The van der Waals surface area contributed by atoms with E-state index in [2.05, 4.69) is 4.98 Å². The maximum absolute atomic E-state index is 14.3. The lowest BCUT2D eigenvalue weighted by Gasteiger charge is -2.31. The Morgan fingerprint density at radius 1 is 1.00 bits per heavy atom. The van der Waals surface area contributed by atoms with Crippen LogP contribution in [0, 0.1) is 11.7 Å². The SMILES string of the molecule is CC(C)([C@H]1CC(=O)N(c2ncc(C(F)(F)F)cc2F)C1)S(=O)(=O)c1cccc(C(F)(F)F)c1. The van der Waals surface area contributed by atoms with Gasteiger partial charge in [0, 0.05) is 25.1 Å². The van der Waals surface area contributed by atoms with Crippen molar-refractivity contribution in [2.24, 2.45) is 5.92 Å². The second kappa shape index (κ2) is 7.96. The first kappa shape index (κ1) is 24.9. The number of hydrogen-bond acceptors (Lipinski definition) is 4. The Morgan fingerprint density at radius 3 is 2.15 bits per heavy atom. The van der Waals surface area contributed by atoms with Gasteiger partial charge in [0.25, 0.3) is 0 Å². The summed E-state index contributed by atoms with van der Waals surface area (Å²) in [6.07, 6.45) is -9.70. The first-order valence-electron chi connectivity index (χ1n) is 9.41. The van der Waals surface area contributed by atoms with E-state index in [9.17, 15) is 43.9 Å². The molecule has 2 aromatic rings. The van der Waals surface area contributed by atoms with E-state index in [4.69, 9.17) is 0 Å². The van der Waals surface area contributed by atoms with Gasteiger partial charge in [-0.15, -0.1) is 0 Å². The van der Waals surface area contributed by atoms with Crippen molar-refractivity contribution in [1.29, 1.82) is 0 Å². The van der Waals surface area contributed by atoms with Crippen molar-refractivity contribution < 1.29 is 43.9 Å². The highest BCUT2D eigenvalue weighted by atomic mass is 32.2. The summed E-state index contributed by atoms with van der Waals surface area (Å²) < 4.78 is 116. The molecular formula is C20H17F7N2O3S. The summed E-state index contributed by atoms with van der Waals surface area (Å²) in [4.78, 5) is 16.0. The molecule has 0 aliphatic carbocycles. The van der Waals surface area contributed by atoms with E-state index in [0.717, 1.165) is 17.0 Å². The Morgan fingerprint density at radius 2 is 1.61 bits per heavy atom. The second-order valence-corrected chi connectivity index (χ2v) is 10.6. The van der Waals surface area contributed by atoms with E-state index in [1.54, 1.807) is 0 Å². The number of alkyl halides is 6. The molecule has 1 fully saturated rings. The van der Waals surface area contributed by atoms with Crippen LogP contribution in [0.15, 0.2) is 41.4 Å². The summed E-state index contributed by atoms with van der Waals surface area (Å²) in [5, 5.41) is 0. The molecule has 0 spiro atoms. The van der Waals surface area contributed by atoms with Gasteiger partial charge in [-0.3, -0.25) is 9.69 Å². The molecule has 1 amide bonds. The molecular weight excluding hydrogens is 481 g/mol. The fourth-order valence-corrected chi connectivity index (χ4v) is 5.27. The van der Waals surface area contributed by atoms with Crippen molar-refractivity contribution in [3.8, 4) is 0 Å². The first-order chi connectivity index (χ1) is 15.0. The van der Waals surface area contributed by atoms with Crippen LogP contribution >= 0.6 is 0 Å². The molecule has 0 radical (unpaired) electrons. The molecule has 33 heavy (non-hydrogen) atoms. The van der Waals surface area contributed by atoms with Crippen LogP contribution in [0.5, 0.6) is 0 Å². The highest BCUT2D eigenvalue weighted by Crippen LogP contribution is 2.41. The van der Waals surface area contributed by atoms with Gasteiger partial charge in [-0.25, -0.2) is 17.8 Å². The van der Waals surface area contributed by atoms with Crippen molar-refractivity contribution in [2.75, 3.05) is 11.4 Å². The van der Waals surface area contributed by atoms with E-state index in [1.165, 1.54) is 13.8 Å². The van der Waals surface area contributed by atoms with Gasteiger partial charge in [0.15, 0.2) is 21.5 Å². The number of rotatable bonds is 4. The number of benzene rings is 1. The number of sulfone groups is 1. The number of aromatic nitrogens is 1. The van der Waals surface area contributed by atoms with Crippen LogP contribution in [0.2, 0.25) is 0 Å². The molecule has 180 valence electrons. The van der Waals surface area contributed by atoms with Crippen LogP contribution in [0.25, 0.3) is 0 Å². The molecule has 1 saturated heterocycles. The van der Waals surface area contributed by atoms with Crippen molar-refractivity contribution in [2.45, 2.75) is 42.3 Å². The number of carbonyl (C=O) groups is 1. The van der Waals surface area contributed by atoms with Gasteiger partial charge in [0.2, 0.25) is 5.91 Å². The molecule has 1 aliphatic heterocycles. The third-order valence-corrected chi connectivity index (χ3v) is 8.27. The van der Waals surface area contributed by atoms with Crippen LogP contribution in [-0.2, 0) is 27.0 Å². The van der Waals surface area contributed by atoms with Gasteiger partial charge >= 0.3 is 12.4 Å². The normalized spacial score (nSPS) is 18.2. The van der Waals surface area contributed by atoms with Gasteiger partial charge in [-0.05, 0) is 38.1 Å². The van der Waals surface area contributed by atoms with E-state index in [0.29, 0.717) is 18.3 Å². The maximum atomic E-state index is 14.3. The van der Waals surface area contributed by atoms with Crippen LogP contribution in [0.3, 0.4) is 0 Å². The van der Waals surface area contributed by atoms with E-state index >= 15 is 0 Å². The predicted molar refractivity (Wildman–Crippen MR) is 102 cm³/mol. The number of anilines is 1. The average Bonchev–Trinajstić information content (AvgIpc) is 3.08. The van der Waals surface area contributed by atoms with Gasteiger partial charge in [0.1, 0.15) is 0 Å². The van der Waals surface area contributed by atoms with E-state index < -0.39 is 79.4 Å². The molecule has 13 heteroatoms. The molecule has 1 aromatic carbocycles. The molecule has 0 bridgehead atoms. The van der Waals surface area contributed by atoms with Gasteiger partial charge < -0.3 is 0 Å². The highest BCUT2D eigenvalue weighted by Gasteiger charge is 2.49. The largest absolute Gasteiger partial charge is 0.417 e. The predicted octanol–water partition coefficient (Wildman–Crippen LogP) is 4.86. The number of halogens is 7. The lowest BCUT2D eigenvalue weighted by atomic mass is 9.94. The number of pyridine rings is 1. The lowest BCUT2D eigenvalue weighted by Crippen LogP contribution is -2.41. The monoisotopic (exact) mass is 498 g/mol. The minimum Gasteiger partial charge on any atom is -0.294 e. The van der Waals surface area contributed by atoms with Crippen LogP contribution in [0.4, 0.5) is 36.6 Å². The summed E-state index contributed by atoms with van der Waals surface area (Å²) >= 11 is 0. The van der Waals surface area contributed by atoms with Gasteiger partial charge in [-0.2, -0.15) is 26.3 Å². The molecule has 0 unspecified atom stereocenters. The van der Waals surface area contributed by atoms with E-state index in [1.807, 2.05) is 0 Å². The molecule has 1 atom stereocenters. The summed E-state index contributed by atoms with van der Waals surface area (Å²) in [5.41, 5.74) is -2.53. The van der Waals surface area contributed by atoms with Crippen molar-refractivity contribution >= 4 is 21.6 Å². The zero-order valence-corrected chi connectivity index (χ0v) is 17.9. The van der Waals surface area contributed by atoms with Crippen molar-refractivity contribution in [1.82, 2.24) is 4.98 Å². The fraction of sp³-hybridized carbons (Fsp3) is 0.400. The minimum atomic E-state index is -4.86. The molecule has 0 saturated carbocycles. The summed E-state index contributed by atoms with van der Waals surface area (Å²) in [5.74, 6) is -3.90. The summed E-state index contributed by atoms with van der Waals surface area (Å²) in [6.45, 7) is 2.04. The maximum Gasteiger partial charge on any atom is 0.417 e. The van der Waals surface area contributed by atoms with Crippen LogP contribution < -0.4 is 4.90 Å². The van der Waals surface area contributed by atoms with Crippen LogP contribution in [-0.4, -0.2) is 30.6 Å². The molecule has 1 aromatic heterocycles. The van der Waals surface area contributed by atoms with Crippen molar-refractivity contribution in [3.63, 3.8) is 0 Å². The Kier molecular flexibility index (Phi) is 6.01. The Hall–Kier alpha value is -2.70. The lowest BCUT2D eigenvalue weighted by molar-refractivity contribution is -0.138. The smallest absolute Gasteiger partial charge is 0.294 e. The average molecular weight is 498 g/mol. The topological polar surface area (TPSA) is 67.3 Å². The molecule has 5 nitrogen and oxygen atoms in total. The van der Waals surface area contributed by atoms with Gasteiger partial charge in [0.05, 0.1) is 20.8 Å². The fourth-order valence-electron chi connectivity index (χ4n) is 3.53. The quantitative estimate of drug-likeness (QED) is 0.565. The van der Waals surface area contributed by atoms with Crippen LogP contribution in [0.1, 0.15) is 31.4 Å². The van der Waals surface area contributed by atoms with Crippen molar-refractivity contribution in [3.05, 3.63) is 53.5 Å². The molecule has 0 N–H and O–H groups in total. The molecule has 2 heterocycles. The number of carbonyl (C=O) groups excluding carboxylic acids is 1. The first-order valence-corrected chi connectivity index (χ1v) is 10.9. The third-order valence-electron chi connectivity index (χ3n) is 5.68. The van der Waals surface area contributed by atoms with Gasteiger partial charge in [-0.1, -0.05) is 6.07 Å². The molecule has 1 aliphatic rings. The number of amides is 1. The minimum absolute atomic E-state index is 0.174. The summed E-state index contributed by atoms with van der Waals surface area (Å²) in [7, 11) is -4.41. The highest BCUT2D eigenvalue weighted by molar-refractivity contribution is 7.92. The molecule has 3 rings (SSSR count). The zero-order chi connectivity index (χ0) is 25.0. The van der Waals surface area contributed by atoms with E-state index in [-0.39, 0.29) is 6.07 Å². The Balaban J connectivity index is 1.93.